The number of alkyl halides is 2. The Morgan fingerprint density at radius 2 is 2.00 bits per heavy atom. The van der Waals surface area contributed by atoms with Crippen molar-refractivity contribution in [3.63, 3.8) is 0 Å². The lowest BCUT2D eigenvalue weighted by atomic mass is 10.0. The van der Waals surface area contributed by atoms with Crippen LogP contribution in [0.4, 0.5) is 8.78 Å². The lowest BCUT2D eigenvalue weighted by Crippen LogP contribution is -2.27. The Morgan fingerprint density at radius 3 is 2.40 bits per heavy atom. The Hall–Kier alpha value is -1.03. The van der Waals surface area contributed by atoms with Crippen molar-refractivity contribution < 1.29 is 13.9 Å². The fourth-order valence-corrected chi connectivity index (χ4v) is 0.927. The molecular formula is C11H17F2NO. The van der Waals surface area contributed by atoms with Gasteiger partial charge in [0, 0.05) is 12.1 Å². The van der Waals surface area contributed by atoms with Crippen LogP contribution in [-0.2, 0) is 5.92 Å². The van der Waals surface area contributed by atoms with Gasteiger partial charge in [0.2, 0.25) is 0 Å². The van der Waals surface area contributed by atoms with Gasteiger partial charge in [0.05, 0.1) is 6.61 Å². The summed E-state index contributed by atoms with van der Waals surface area (Å²) in [4.78, 5) is 3.56. The van der Waals surface area contributed by atoms with Crippen LogP contribution in [0.15, 0.2) is 24.4 Å². The van der Waals surface area contributed by atoms with Crippen molar-refractivity contribution in [2.45, 2.75) is 26.7 Å². The molecule has 1 rings (SSSR count). The summed E-state index contributed by atoms with van der Waals surface area (Å²) in [6.45, 7) is 4.73. The van der Waals surface area contributed by atoms with Gasteiger partial charge < -0.3 is 5.11 Å². The van der Waals surface area contributed by atoms with Gasteiger partial charge in [-0.25, -0.2) is 0 Å². The van der Waals surface area contributed by atoms with E-state index in [4.69, 9.17) is 5.11 Å². The van der Waals surface area contributed by atoms with Crippen LogP contribution >= 0.6 is 0 Å². The highest BCUT2D eigenvalue weighted by Crippen LogP contribution is 2.33. The summed E-state index contributed by atoms with van der Waals surface area (Å²) >= 11 is 0. The van der Waals surface area contributed by atoms with Gasteiger partial charge in [-0.1, -0.05) is 26.8 Å². The molecule has 1 N–H and O–H groups in total. The van der Waals surface area contributed by atoms with E-state index >= 15 is 0 Å². The van der Waals surface area contributed by atoms with Gasteiger partial charge in [0.15, 0.2) is 0 Å². The van der Waals surface area contributed by atoms with E-state index in [9.17, 15) is 8.78 Å². The van der Waals surface area contributed by atoms with Crippen molar-refractivity contribution in [3.05, 3.63) is 30.1 Å². The SMILES string of the molecule is CC.CC(CO)C(F)(F)c1ccccn1. The topological polar surface area (TPSA) is 33.1 Å². The summed E-state index contributed by atoms with van der Waals surface area (Å²) in [5.74, 6) is -4.17. The number of aliphatic hydroxyl groups excluding tert-OH is 1. The second-order valence-electron chi connectivity index (χ2n) is 2.92. The van der Waals surface area contributed by atoms with Crippen LogP contribution in [0.25, 0.3) is 0 Å². The number of aromatic nitrogens is 1. The number of pyridine rings is 1. The van der Waals surface area contributed by atoms with Gasteiger partial charge in [0.1, 0.15) is 5.69 Å². The van der Waals surface area contributed by atoms with Crippen LogP contribution in [-0.4, -0.2) is 16.7 Å². The first-order valence-electron chi connectivity index (χ1n) is 4.99. The van der Waals surface area contributed by atoms with Crippen LogP contribution in [0.2, 0.25) is 0 Å². The smallest absolute Gasteiger partial charge is 0.294 e. The van der Waals surface area contributed by atoms with E-state index in [1.807, 2.05) is 13.8 Å². The molecule has 0 aromatic carbocycles. The maximum Gasteiger partial charge on any atom is 0.294 e. The molecule has 4 heteroatoms. The summed E-state index contributed by atoms with van der Waals surface area (Å²) in [5, 5.41) is 8.62. The number of halogens is 2. The predicted octanol–water partition coefficient (Wildman–Crippen LogP) is 2.83. The van der Waals surface area contributed by atoms with E-state index in [1.165, 1.54) is 25.3 Å². The lowest BCUT2D eigenvalue weighted by Gasteiger charge is -2.20. The minimum Gasteiger partial charge on any atom is -0.396 e. The predicted molar refractivity (Wildman–Crippen MR) is 55.7 cm³/mol. The highest BCUT2D eigenvalue weighted by Gasteiger charge is 2.39. The van der Waals surface area contributed by atoms with Crippen molar-refractivity contribution in [2.75, 3.05) is 6.61 Å². The summed E-state index contributed by atoms with van der Waals surface area (Å²) in [5.41, 5.74) is -0.295. The fraction of sp³-hybridized carbons (Fsp3) is 0.545. The van der Waals surface area contributed by atoms with E-state index < -0.39 is 18.4 Å². The number of rotatable bonds is 3. The van der Waals surface area contributed by atoms with Crippen molar-refractivity contribution in [1.29, 1.82) is 0 Å². The molecule has 0 bridgehead atoms. The molecule has 1 heterocycles. The van der Waals surface area contributed by atoms with Gasteiger partial charge in [0.25, 0.3) is 5.92 Å². The molecule has 2 nitrogen and oxygen atoms in total. The molecule has 0 amide bonds. The van der Waals surface area contributed by atoms with Crippen molar-refractivity contribution in [2.24, 2.45) is 5.92 Å². The molecule has 1 aromatic rings. The monoisotopic (exact) mass is 217 g/mol. The zero-order valence-electron chi connectivity index (χ0n) is 9.24. The molecule has 0 saturated carbocycles. The molecule has 86 valence electrons. The van der Waals surface area contributed by atoms with Gasteiger partial charge in [-0.3, -0.25) is 4.98 Å². The molecular weight excluding hydrogens is 200 g/mol. The molecule has 0 aliphatic rings. The van der Waals surface area contributed by atoms with Gasteiger partial charge in [-0.15, -0.1) is 0 Å². The molecule has 1 atom stereocenters. The van der Waals surface area contributed by atoms with Crippen molar-refractivity contribution in [3.8, 4) is 0 Å². The lowest BCUT2D eigenvalue weighted by molar-refractivity contribution is -0.0788. The molecule has 0 saturated heterocycles. The van der Waals surface area contributed by atoms with Crippen LogP contribution in [0, 0.1) is 5.92 Å². The van der Waals surface area contributed by atoms with Crippen molar-refractivity contribution >= 4 is 0 Å². The van der Waals surface area contributed by atoms with Crippen LogP contribution in [0.1, 0.15) is 26.5 Å². The number of aliphatic hydroxyl groups is 1. The molecule has 0 aliphatic carbocycles. The van der Waals surface area contributed by atoms with E-state index in [2.05, 4.69) is 4.98 Å². The fourth-order valence-electron chi connectivity index (χ4n) is 0.927. The molecule has 0 radical (unpaired) electrons. The van der Waals surface area contributed by atoms with Crippen LogP contribution < -0.4 is 0 Å². The Kier molecular flexibility index (Phi) is 6.01. The van der Waals surface area contributed by atoms with Crippen LogP contribution in [0.5, 0.6) is 0 Å². The zero-order chi connectivity index (χ0) is 11.9. The molecule has 0 fully saturated rings. The first-order chi connectivity index (χ1) is 7.09. The minimum atomic E-state index is -3.06. The number of nitrogens with zero attached hydrogens (tertiary/aromatic N) is 1. The first-order valence-corrected chi connectivity index (χ1v) is 4.99. The summed E-state index contributed by atoms with van der Waals surface area (Å²) < 4.78 is 26.7. The maximum atomic E-state index is 13.3. The zero-order valence-corrected chi connectivity index (χ0v) is 9.24. The Bertz CT molecular complexity index is 265. The highest BCUT2D eigenvalue weighted by molar-refractivity contribution is 5.10. The molecule has 0 aliphatic heterocycles. The number of hydrogen-bond acceptors (Lipinski definition) is 2. The summed E-state index contributed by atoms with van der Waals surface area (Å²) in [7, 11) is 0. The normalized spacial score (nSPS) is 12.7. The van der Waals surface area contributed by atoms with Gasteiger partial charge in [-0.05, 0) is 12.1 Å². The third kappa shape index (κ3) is 3.55. The third-order valence-electron chi connectivity index (χ3n) is 1.90. The second kappa shape index (κ2) is 6.45. The first kappa shape index (κ1) is 14.0. The molecule has 15 heavy (non-hydrogen) atoms. The van der Waals surface area contributed by atoms with E-state index in [0.717, 1.165) is 0 Å². The standard InChI is InChI=1S/C9H11F2NO.C2H6/c1-7(6-13)9(10,11)8-4-2-3-5-12-8;1-2/h2-5,7,13H,6H2,1H3;1-2H3. The van der Waals surface area contributed by atoms with E-state index in [-0.39, 0.29) is 5.69 Å². The van der Waals surface area contributed by atoms with E-state index in [0.29, 0.717) is 0 Å². The Morgan fingerprint density at radius 1 is 1.40 bits per heavy atom. The van der Waals surface area contributed by atoms with Gasteiger partial charge in [-0.2, -0.15) is 8.78 Å². The largest absolute Gasteiger partial charge is 0.396 e. The maximum absolute atomic E-state index is 13.3. The second-order valence-corrected chi connectivity index (χ2v) is 2.92. The number of hydrogen-bond donors (Lipinski definition) is 1. The van der Waals surface area contributed by atoms with Gasteiger partial charge >= 0.3 is 0 Å². The quantitative estimate of drug-likeness (QED) is 0.844. The average Bonchev–Trinajstić information content (AvgIpc) is 2.31. The van der Waals surface area contributed by atoms with Crippen LogP contribution in [0.3, 0.4) is 0 Å². The summed E-state index contributed by atoms with van der Waals surface area (Å²) in [6, 6.07) is 4.33. The van der Waals surface area contributed by atoms with Crippen molar-refractivity contribution in [1.82, 2.24) is 4.98 Å². The summed E-state index contributed by atoms with van der Waals surface area (Å²) in [6.07, 6.45) is 1.31. The van der Waals surface area contributed by atoms with E-state index in [1.54, 1.807) is 6.07 Å². The Balaban J connectivity index is 0.000000921. The average molecular weight is 217 g/mol. The Labute approximate surface area is 89.0 Å². The molecule has 1 aromatic heterocycles. The molecule has 0 spiro atoms. The highest BCUT2D eigenvalue weighted by atomic mass is 19.3. The minimum absolute atomic E-state index is 0.295. The molecule has 1 unspecified atom stereocenters. The third-order valence-corrected chi connectivity index (χ3v) is 1.90.